The molecule has 0 fully saturated rings. The van der Waals surface area contributed by atoms with E-state index in [2.05, 4.69) is 203 Å². The molecule has 11 aromatic rings. The van der Waals surface area contributed by atoms with E-state index in [9.17, 15) is 0 Å². The van der Waals surface area contributed by atoms with Gasteiger partial charge in [-0.15, -0.1) is 0 Å². The fraction of sp³-hybridized carbons (Fsp3) is 0. The van der Waals surface area contributed by atoms with Gasteiger partial charge in [0.15, 0.2) is 0 Å². The smallest absolute Gasteiger partial charge is 0.0547 e. The van der Waals surface area contributed by atoms with Gasteiger partial charge in [0.05, 0.1) is 22.1 Å². The lowest BCUT2D eigenvalue weighted by Gasteiger charge is -2.12. The maximum atomic E-state index is 2.44. The van der Waals surface area contributed by atoms with Gasteiger partial charge in [-0.3, -0.25) is 0 Å². The van der Waals surface area contributed by atoms with Gasteiger partial charge in [-0.1, -0.05) is 146 Å². The van der Waals surface area contributed by atoms with Gasteiger partial charge in [0.2, 0.25) is 0 Å². The van der Waals surface area contributed by atoms with Crippen LogP contribution in [0.3, 0.4) is 0 Å². The molecule has 9 aromatic carbocycles. The van der Waals surface area contributed by atoms with Gasteiger partial charge in [0, 0.05) is 32.9 Å². The van der Waals surface area contributed by atoms with Crippen LogP contribution in [0.2, 0.25) is 0 Å². The summed E-state index contributed by atoms with van der Waals surface area (Å²) >= 11 is 0. The molecule has 0 unspecified atom stereocenters. The first kappa shape index (κ1) is 28.9. The van der Waals surface area contributed by atoms with E-state index in [0.717, 1.165) is 11.4 Å². The summed E-state index contributed by atoms with van der Waals surface area (Å²) in [6, 6.07) is 70.9. The average molecular weight is 661 g/mol. The van der Waals surface area contributed by atoms with Crippen LogP contribution in [0.1, 0.15) is 0 Å². The Labute approximate surface area is 301 Å². The molecule has 0 saturated heterocycles. The molecule has 0 amide bonds. The normalized spacial score (nSPS) is 11.8. The second-order valence-corrected chi connectivity index (χ2v) is 13.7. The zero-order valence-corrected chi connectivity index (χ0v) is 28.4. The topological polar surface area (TPSA) is 9.86 Å². The molecule has 0 aliphatic heterocycles. The van der Waals surface area contributed by atoms with Gasteiger partial charge in [0.1, 0.15) is 0 Å². The van der Waals surface area contributed by atoms with Crippen LogP contribution in [0.5, 0.6) is 0 Å². The van der Waals surface area contributed by atoms with E-state index in [1.165, 1.54) is 87.4 Å². The maximum Gasteiger partial charge on any atom is 0.0547 e. The van der Waals surface area contributed by atoms with E-state index in [0.29, 0.717) is 0 Å². The third-order valence-electron chi connectivity index (χ3n) is 10.9. The number of fused-ring (bicyclic) bond motifs is 10. The Morgan fingerprint density at radius 1 is 0.250 bits per heavy atom. The molecule has 0 bridgehead atoms. The summed E-state index contributed by atoms with van der Waals surface area (Å²) in [5.74, 6) is 0. The number of hydrogen-bond donors (Lipinski definition) is 0. The number of benzene rings is 9. The van der Waals surface area contributed by atoms with Gasteiger partial charge in [-0.2, -0.15) is 0 Å². The molecule has 2 aromatic heterocycles. The molecule has 52 heavy (non-hydrogen) atoms. The maximum absolute atomic E-state index is 2.44. The van der Waals surface area contributed by atoms with Gasteiger partial charge in [0.25, 0.3) is 0 Å². The third-order valence-corrected chi connectivity index (χ3v) is 10.9. The Balaban J connectivity index is 1.06. The van der Waals surface area contributed by atoms with Crippen LogP contribution < -0.4 is 0 Å². The quantitative estimate of drug-likeness (QED) is 0.178. The highest BCUT2D eigenvalue weighted by atomic mass is 15.0. The van der Waals surface area contributed by atoms with Crippen molar-refractivity contribution in [1.82, 2.24) is 9.13 Å². The predicted octanol–water partition coefficient (Wildman–Crippen LogP) is 13.5. The molecule has 2 heterocycles. The van der Waals surface area contributed by atoms with E-state index in [1.54, 1.807) is 0 Å². The van der Waals surface area contributed by atoms with Gasteiger partial charge in [-0.25, -0.2) is 0 Å². The van der Waals surface area contributed by atoms with Crippen LogP contribution >= 0.6 is 0 Å². The zero-order valence-electron chi connectivity index (χ0n) is 28.4. The summed E-state index contributed by atoms with van der Waals surface area (Å²) in [4.78, 5) is 0. The molecule has 0 spiro atoms. The van der Waals surface area contributed by atoms with E-state index in [1.807, 2.05) is 0 Å². The standard InChI is InChI=1S/C50H32N2/c1-2-10-33(11-3-1)34-18-25-39(26-19-34)51-45-17-9-8-16-43(45)44-29-22-38(32-48(44)51)35-20-27-40(28-21-35)52-46-30-23-36-12-4-6-14-41(36)49(46)50-42-15-7-5-13-37(42)24-31-47(50)52/h1-32H. The molecular formula is C50H32N2. The minimum Gasteiger partial charge on any atom is -0.309 e. The van der Waals surface area contributed by atoms with E-state index < -0.39 is 0 Å². The highest BCUT2D eigenvalue weighted by molar-refractivity contribution is 6.28. The van der Waals surface area contributed by atoms with Crippen molar-refractivity contribution in [2.24, 2.45) is 0 Å². The number of hydrogen-bond acceptors (Lipinski definition) is 0. The van der Waals surface area contributed by atoms with Crippen molar-refractivity contribution in [3.05, 3.63) is 194 Å². The average Bonchev–Trinajstić information content (AvgIpc) is 3.74. The lowest BCUT2D eigenvalue weighted by molar-refractivity contribution is 1.18. The largest absolute Gasteiger partial charge is 0.309 e. The summed E-state index contributed by atoms with van der Waals surface area (Å²) < 4.78 is 4.84. The van der Waals surface area contributed by atoms with Crippen LogP contribution in [-0.4, -0.2) is 9.13 Å². The predicted molar refractivity (Wildman–Crippen MR) is 221 cm³/mol. The van der Waals surface area contributed by atoms with E-state index in [-0.39, 0.29) is 0 Å². The fourth-order valence-electron chi connectivity index (χ4n) is 8.49. The molecule has 242 valence electrons. The van der Waals surface area contributed by atoms with Crippen LogP contribution in [0, 0.1) is 0 Å². The molecule has 0 N–H and O–H groups in total. The highest BCUT2D eigenvalue weighted by Crippen LogP contribution is 2.41. The molecule has 2 heteroatoms. The Bertz CT molecular complexity index is 3050. The Kier molecular flexibility index (Phi) is 6.28. The minimum atomic E-state index is 1.16. The number of aromatic nitrogens is 2. The first-order chi connectivity index (χ1) is 25.8. The van der Waals surface area contributed by atoms with Crippen molar-refractivity contribution in [3.8, 4) is 33.6 Å². The van der Waals surface area contributed by atoms with E-state index in [4.69, 9.17) is 0 Å². The summed E-state index contributed by atoms with van der Waals surface area (Å²) in [6.07, 6.45) is 0. The summed E-state index contributed by atoms with van der Waals surface area (Å²) in [6.45, 7) is 0. The number of para-hydroxylation sites is 1. The van der Waals surface area contributed by atoms with Crippen LogP contribution in [0.15, 0.2) is 194 Å². The fourth-order valence-corrected chi connectivity index (χ4v) is 8.49. The van der Waals surface area contributed by atoms with Crippen molar-refractivity contribution in [2.75, 3.05) is 0 Å². The minimum absolute atomic E-state index is 1.16. The van der Waals surface area contributed by atoms with Crippen molar-refractivity contribution in [2.45, 2.75) is 0 Å². The number of rotatable bonds is 4. The Hall–Kier alpha value is -6.90. The van der Waals surface area contributed by atoms with Gasteiger partial charge in [-0.05, 0) is 92.3 Å². The van der Waals surface area contributed by atoms with Crippen LogP contribution in [-0.2, 0) is 0 Å². The first-order valence-corrected chi connectivity index (χ1v) is 17.9. The number of nitrogens with zero attached hydrogens (tertiary/aromatic N) is 2. The SMILES string of the molecule is c1ccc(-c2ccc(-n3c4ccccc4c4ccc(-c5ccc(-n6c7ccc8ccccc8c7c7c8ccccc8ccc76)cc5)cc43)cc2)cc1. The summed E-state index contributed by atoms with van der Waals surface area (Å²) in [7, 11) is 0. The van der Waals surface area contributed by atoms with Crippen molar-refractivity contribution >= 4 is 65.2 Å². The molecule has 0 saturated carbocycles. The van der Waals surface area contributed by atoms with E-state index >= 15 is 0 Å². The van der Waals surface area contributed by atoms with Gasteiger partial charge < -0.3 is 9.13 Å². The second kappa shape index (κ2) is 11.3. The van der Waals surface area contributed by atoms with Crippen molar-refractivity contribution in [3.63, 3.8) is 0 Å². The molecule has 0 atom stereocenters. The lowest BCUT2D eigenvalue weighted by Crippen LogP contribution is -1.95. The first-order valence-electron chi connectivity index (χ1n) is 17.9. The highest BCUT2D eigenvalue weighted by Gasteiger charge is 2.18. The van der Waals surface area contributed by atoms with Crippen LogP contribution in [0.4, 0.5) is 0 Å². The van der Waals surface area contributed by atoms with Gasteiger partial charge >= 0.3 is 0 Å². The van der Waals surface area contributed by atoms with Crippen molar-refractivity contribution in [1.29, 1.82) is 0 Å². The molecular weight excluding hydrogens is 629 g/mol. The molecule has 0 aliphatic rings. The third kappa shape index (κ3) is 4.31. The monoisotopic (exact) mass is 660 g/mol. The molecule has 0 aliphatic carbocycles. The zero-order chi connectivity index (χ0) is 34.2. The molecule has 0 radical (unpaired) electrons. The summed E-state index contributed by atoms with van der Waals surface area (Å²) in [5.41, 5.74) is 12.0. The lowest BCUT2D eigenvalue weighted by atomic mass is 10.00. The molecule has 11 rings (SSSR count). The Morgan fingerprint density at radius 3 is 1.31 bits per heavy atom. The molecule has 2 nitrogen and oxygen atoms in total. The Morgan fingerprint density at radius 2 is 0.692 bits per heavy atom. The van der Waals surface area contributed by atoms with Crippen LogP contribution in [0.25, 0.3) is 98.8 Å². The summed E-state index contributed by atoms with van der Waals surface area (Å²) in [5, 5.41) is 10.2. The van der Waals surface area contributed by atoms with Crippen molar-refractivity contribution < 1.29 is 0 Å². The second-order valence-electron chi connectivity index (χ2n) is 13.7.